The first-order valence-electron chi connectivity index (χ1n) is 16.0. The van der Waals surface area contributed by atoms with Crippen LogP contribution in [0, 0.1) is 0 Å². The van der Waals surface area contributed by atoms with Gasteiger partial charge in [0, 0.05) is 21.2 Å². The van der Waals surface area contributed by atoms with Crippen molar-refractivity contribution < 1.29 is 32.7 Å². The Labute approximate surface area is 293 Å². The second kappa shape index (κ2) is 13.2. The Morgan fingerprint density at radius 3 is 1.54 bits per heavy atom. The Balaban J connectivity index is 1.34. The van der Waals surface area contributed by atoms with Gasteiger partial charge in [-0.25, -0.2) is 0 Å². The number of rotatable bonds is 10. The molecule has 7 nitrogen and oxygen atoms in total. The van der Waals surface area contributed by atoms with E-state index in [0.29, 0.717) is 6.61 Å². The molecule has 4 aromatic rings. The molecule has 0 bridgehead atoms. The molecule has 3 aliphatic heterocycles. The van der Waals surface area contributed by atoms with E-state index >= 15 is 0 Å². The molecular weight excluding hydrogens is 682 g/mol. The molecule has 0 aliphatic carbocycles. The van der Waals surface area contributed by atoms with Crippen LogP contribution in [0.3, 0.4) is 0 Å². The van der Waals surface area contributed by atoms with Crippen molar-refractivity contribution in [3.63, 3.8) is 0 Å². The lowest BCUT2D eigenvalue weighted by Gasteiger charge is -2.37. The standard InChI is InChI=1S/C37H40O7P2S2/c1-35(2)38-25-31(41-35)32-33-37(44-36(3,4)42-33,26-39-45(47,27-17-9-5-10-18-27)28-19-11-6-12-20-28)34(40-32)43-46(48,29-21-13-7-14-22-29)30-23-15-8-16-24-30/h5-24,31-34H,25-26H2,1-4H3/t31?,32-,33+,34?,37+/m1/s1. The molecule has 4 aromatic carbocycles. The summed E-state index contributed by atoms with van der Waals surface area (Å²) < 4.78 is 47.2. The van der Waals surface area contributed by atoms with Gasteiger partial charge in [0.05, 0.1) is 13.2 Å². The molecule has 0 amide bonds. The second-order valence-electron chi connectivity index (χ2n) is 13.1. The summed E-state index contributed by atoms with van der Waals surface area (Å²) in [4.78, 5) is 0. The maximum absolute atomic E-state index is 7.20. The van der Waals surface area contributed by atoms with Crippen LogP contribution in [0.15, 0.2) is 121 Å². The van der Waals surface area contributed by atoms with Crippen LogP contribution in [0.2, 0.25) is 0 Å². The number of benzene rings is 4. The van der Waals surface area contributed by atoms with Gasteiger partial charge in [-0.2, -0.15) is 0 Å². The van der Waals surface area contributed by atoms with Crippen LogP contribution in [-0.2, 0) is 56.3 Å². The molecule has 3 saturated heterocycles. The molecule has 11 heteroatoms. The Morgan fingerprint density at radius 2 is 1.10 bits per heavy atom. The second-order valence-corrected chi connectivity index (χ2v) is 20.9. The molecule has 7 rings (SSSR count). The van der Waals surface area contributed by atoms with E-state index in [-0.39, 0.29) is 6.61 Å². The highest BCUT2D eigenvalue weighted by Gasteiger charge is 2.70. The number of hydrogen-bond donors (Lipinski definition) is 0. The summed E-state index contributed by atoms with van der Waals surface area (Å²) in [6, 6.07) is 39.9. The first-order chi connectivity index (χ1) is 22.9. The van der Waals surface area contributed by atoms with Gasteiger partial charge in [0.1, 0.15) is 30.8 Å². The van der Waals surface area contributed by atoms with E-state index in [2.05, 4.69) is 0 Å². The Kier molecular flexibility index (Phi) is 9.46. The summed E-state index contributed by atoms with van der Waals surface area (Å²) in [5.74, 6) is -1.79. The average molecular weight is 723 g/mol. The van der Waals surface area contributed by atoms with Crippen molar-refractivity contribution in [2.24, 2.45) is 0 Å². The minimum Gasteiger partial charge on any atom is -0.348 e. The normalized spacial score (nSPS) is 27.9. The summed E-state index contributed by atoms with van der Waals surface area (Å²) in [5.41, 5.74) is -1.26. The summed E-state index contributed by atoms with van der Waals surface area (Å²) in [6.07, 6.45) is -8.47. The van der Waals surface area contributed by atoms with Gasteiger partial charge < -0.3 is 32.7 Å². The van der Waals surface area contributed by atoms with E-state index in [9.17, 15) is 0 Å². The van der Waals surface area contributed by atoms with Crippen molar-refractivity contribution >= 4 is 57.4 Å². The van der Waals surface area contributed by atoms with Crippen LogP contribution in [0.4, 0.5) is 0 Å². The predicted molar refractivity (Wildman–Crippen MR) is 196 cm³/mol. The average Bonchev–Trinajstić information content (AvgIpc) is 3.70. The molecule has 3 heterocycles. The monoisotopic (exact) mass is 722 g/mol. The predicted octanol–water partition coefficient (Wildman–Crippen LogP) is 5.88. The Bertz CT molecular complexity index is 1720. The van der Waals surface area contributed by atoms with Gasteiger partial charge in [-0.15, -0.1) is 0 Å². The fourth-order valence-corrected chi connectivity index (χ4v) is 12.8. The summed E-state index contributed by atoms with van der Waals surface area (Å²) >= 11 is 13.1. The first-order valence-corrected chi connectivity index (χ1v) is 21.5. The fraction of sp³-hybridized carbons (Fsp3) is 0.351. The van der Waals surface area contributed by atoms with Crippen LogP contribution in [0.5, 0.6) is 0 Å². The molecule has 2 unspecified atom stereocenters. The summed E-state index contributed by atoms with van der Waals surface area (Å²) in [7, 11) is 0. The zero-order chi connectivity index (χ0) is 33.6. The molecule has 5 atom stereocenters. The first kappa shape index (κ1) is 34.4. The fourth-order valence-electron chi connectivity index (χ4n) is 6.65. The third-order valence-corrected chi connectivity index (χ3v) is 16.8. The number of fused-ring (bicyclic) bond motifs is 1. The van der Waals surface area contributed by atoms with Crippen LogP contribution in [0.25, 0.3) is 0 Å². The van der Waals surface area contributed by atoms with Gasteiger partial charge >= 0.3 is 0 Å². The van der Waals surface area contributed by atoms with Crippen molar-refractivity contribution in [2.45, 2.75) is 69.5 Å². The van der Waals surface area contributed by atoms with Crippen molar-refractivity contribution in [1.82, 2.24) is 0 Å². The lowest BCUT2D eigenvalue weighted by atomic mass is 9.94. The molecule has 0 saturated carbocycles. The minimum absolute atomic E-state index is 0.0270. The molecule has 252 valence electrons. The molecule has 3 aliphatic rings. The highest BCUT2D eigenvalue weighted by atomic mass is 32.4. The summed E-state index contributed by atoms with van der Waals surface area (Å²) in [6.45, 7) is 7.92. The lowest BCUT2D eigenvalue weighted by molar-refractivity contribution is -0.251. The van der Waals surface area contributed by atoms with Gasteiger partial charge in [0.15, 0.2) is 23.5 Å². The van der Waals surface area contributed by atoms with E-state index in [4.69, 9.17) is 56.3 Å². The van der Waals surface area contributed by atoms with Crippen LogP contribution < -0.4 is 21.2 Å². The highest BCUT2D eigenvalue weighted by molar-refractivity contribution is 8.19. The van der Waals surface area contributed by atoms with Crippen LogP contribution in [0.1, 0.15) is 27.7 Å². The molecule has 48 heavy (non-hydrogen) atoms. The minimum atomic E-state index is -2.94. The van der Waals surface area contributed by atoms with E-state index in [1.807, 2.05) is 149 Å². The lowest BCUT2D eigenvalue weighted by Crippen LogP contribution is -2.53. The SMILES string of the molecule is CC1(C)OCC([C@H]2OC(OP(=S)(c3ccccc3)c3ccccc3)[C@@]3(COP(=S)(c4ccccc4)c4ccccc4)OC(C)(C)O[C@@H]23)O1. The van der Waals surface area contributed by atoms with Gasteiger partial charge in [-0.1, -0.05) is 145 Å². The Morgan fingerprint density at radius 1 is 0.646 bits per heavy atom. The smallest absolute Gasteiger partial charge is 0.197 e. The largest absolute Gasteiger partial charge is 0.348 e. The molecule has 3 fully saturated rings. The van der Waals surface area contributed by atoms with Gasteiger partial charge in [0.2, 0.25) is 0 Å². The van der Waals surface area contributed by atoms with Gasteiger partial charge in [-0.3, -0.25) is 0 Å². The van der Waals surface area contributed by atoms with Crippen molar-refractivity contribution in [3.05, 3.63) is 121 Å². The third-order valence-electron chi connectivity index (χ3n) is 8.80. The van der Waals surface area contributed by atoms with Crippen molar-refractivity contribution in [1.29, 1.82) is 0 Å². The quantitative estimate of drug-likeness (QED) is 0.187. The van der Waals surface area contributed by atoms with E-state index in [0.717, 1.165) is 21.2 Å². The maximum Gasteiger partial charge on any atom is 0.197 e. The van der Waals surface area contributed by atoms with E-state index in [1.54, 1.807) is 0 Å². The Hall–Kier alpha value is -2.10. The van der Waals surface area contributed by atoms with Gasteiger partial charge in [-0.05, 0) is 27.7 Å². The van der Waals surface area contributed by atoms with Crippen molar-refractivity contribution in [2.75, 3.05) is 13.2 Å². The molecule has 0 aromatic heterocycles. The number of hydrogen-bond acceptors (Lipinski definition) is 9. The topological polar surface area (TPSA) is 64.6 Å². The van der Waals surface area contributed by atoms with E-state index < -0.39 is 54.3 Å². The van der Waals surface area contributed by atoms with Crippen molar-refractivity contribution in [3.8, 4) is 0 Å². The maximum atomic E-state index is 7.20. The zero-order valence-electron chi connectivity index (χ0n) is 27.3. The van der Waals surface area contributed by atoms with E-state index in [1.165, 1.54) is 0 Å². The third kappa shape index (κ3) is 6.45. The summed E-state index contributed by atoms with van der Waals surface area (Å²) in [5, 5.41) is 3.64. The molecule has 0 N–H and O–H groups in total. The number of ether oxygens (including phenoxy) is 5. The molecule has 0 spiro atoms. The van der Waals surface area contributed by atoms with Crippen LogP contribution in [-0.4, -0.2) is 55.0 Å². The highest BCUT2D eigenvalue weighted by Crippen LogP contribution is 2.57. The zero-order valence-corrected chi connectivity index (χ0v) is 30.8. The molecule has 0 radical (unpaired) electrons. The van der Waals surface area contributed by atoms with Gasteiger partial charge in [0.25, 0.3) is 0 Å². The van der Waals surface area contributed by atoms with Crippen LogP contribution >= 0.6 is 12.5 Å². The molecular formula is C37H40O7P2S2.